The Hall–Kier alpha value is -2.41. The van der Waals surface area contributed by atoms with Crippen molar-refractivity contribution in [2.24, 2.45) is 0 Å². The Bertz CT molecular complexity index is 536. The fraction of sp³-hybridized carbons (Fsp3) is 0.154. The first-order valence-corrected chi connectivity index (χ1v) is 5.19. The van der Waals surface area contributed by atoms with E-state index in [-0.39, 0.29) is 18.2 Å². The highest BCUT2D eigenvalue weighted by molar-refractivity contribution is 6.15. The van der Waals surface area contributed by atoms with E-state index in [0.717, 1.165) is 11.1 Å². The van der Waals surface area contributed by atoms with E-state index >= 15 is 0 Å². The summed E-state index contributed by atoms with van der Waals surface area (Å²) in [4.78, 5) is 22.3. The molecule has 0 unspecified atom stereocenters. The average molecular weight is 226 g/mol. The molecule has 0 bridgehead atoms. The molecule has 4 nitrogen and oxygen atoms in total. The summed E-state index contributed by atoms with van der Waals surface area (Å²) in [5.41, 5.74) is 2.26. The number of nitriles is 1. The van der Waals surface area contributed by atoms with Crippen LogP contribution in [0, 0.1) is 11.3 Å². The Balaban J connectivity index is 2.19. The van der Waals surface area contributed by atoms with Gasteiger partial charge >= 0.3 is 0 Å². The Morgan fingerprint density at radius 1 is 1.29 bits per heavy atom. The summed E-state index contributed by atoms with van der Waals surface area (Å²) in [6.07, 6.45) is 2.20. The van der Waals surface area contributed by atoms with Gasteiger partial charge in [-0.2, -0.15) is 5.26 Å². The summed E-state index contributed by atoms with van der Waals surface area (Å²) in [6, 6.07) is 9.40. The lowest BCUT2D eigenvalue weighted by molar-refractivity contribution is -0.124. The Labute approximate surface area is 98.6 Å². The monoisotopic (exact) mass is 226 g/mol. The van der Waals surface area contributed by atoms with E-state index in [4.69, 9.17) is 5.26 Å². The van der Waals surface area contributed by atoms with Gasteiger partial charge < -0.3 is 0 Å². The third-order valence-corrected chi connectivity index (χ3v) is 2.50. The smallest absolute Gasteiger partial charge is 0.254 e. The maximum Gasteiger partial charge on any atom is 0.254 e. The lowest BCUT2D eigenvalue weighted by Crippen LogP contribution is -2.19. The molecule has 0 aliphatic carbocycles. The number of nitrogens with zero attached hydrogens (tertiary/aromatic N) is 1. The van der Waals surface area contributed by atoms with E-state index in [1.165, 1.54) is 0 Å². The first-order valence-electron chi connectivity index (χ1n) is 5.19. The molecule has 1 aromatic carbocycles. The van der Waals surface area contributed by atoms with Crippen LogP contribution in [0.5, 0.6) is 0 Å². The van der Waals surface area contributed by atoms with Crippen LogP contribution in [-0.2, 0) is 16.0 Å². The molecule has 1 aromatic rings. The van der Waals surface area contributed by atoms with Crippen molar-refractivity contribution in [3.63, 3.8) is 0 Å². The fourth-order valence-electron chi connectivity index (χ4n) is 1.65. The van der Waals surface area contributed by atoms with Gasteiger partial charge in [0.25, 0.3) is 5.91 Å². The highest BCUT2D eigenvalue weighted by atomic mass is 16.2. The van der Waals surface area contributed by atoms with Gasteiger partial charge in [-0.25, -0.2) is 0 Å². The van der Waals surface area contributed by atoms with Crippen molar-refractivity contribution in [1.29, 1.82) is 5.26 Å². The summed E-state index contributed by atoms with van der Waals surface area (Å²) in [5, 5.41) is 10.8. The summed E-state index contributed by atoms with van der Waals surface area (Å²) in [7, 11) is 0. The van der Waals surface area contributed by atoms with E-state index in [9.17, 15) is 9.59 Å². The predicted molar refractivity (Wildman–Crippen MR) is 61.5 cm³/mol. The first kappa shape index (κ1) is 11.1. The van der Waals surface area contributed by atoms with Gasteiger partial charge in [0, 0.05) is 5.57 Å². The van der Waals surface area contributed by atoms with Crippen LogP contribution in [0.4, 0.5) is 0 Å². The van der Waals surface area contributed by atoms with Gasteiger partial charge in [0.2, 0.25) is 5.91 Å². The maximum atomic E-state index is 11.3. The number of carbonyl (C=O) groups is 2. The van der Waals surface area contributed by atoms with Crippen molar-refractivity contribution in [2.75, 3.05) is 0 Å². The van der Waals surface area contributed by atoms with Crippen molar-refractivity contribution in [1.82, 2.24) is 5.32 Å². The van der Waals surface area contributed by atoms with Gasteiger partial charge in [-0.05, 0) is 17.2 Å². The predicted octanol–water partition coefficient (Wildman–Crippen LogP) is 1.18. The Kier molecular flexibility index (Phi) is 3.01. The zero-order valence-electron chi connectivity index (χ0n) is 9.06. The molecule has 0 radical (unpaired) electrons. The number of rotatable bonds is 2. The number of nitrogens with one attached hydrogen (secondary N) is 1. The second kappa shape index (κ2) is 4.62. The zero-order valence-corrected chi connectivity index (χ0v) is 9.06. The largest absolute Gasteiger partial charge is 0.292 e. The van der Waals surface area contributed by atoms with Crippen LogP contribution < -0.4 is 5.32 Å². The van der Waals surface area contributed by atoms with Gasteiger partial charge in [0.1, 0.15) is 0 Å². The zero-order chi connectivity index (χ0) is 12.3. The van der Waals surface area contributed by atoms with Crippen LogP contribution in [0.25, 0.3) is 6.08 Å². The molecular weight excluding hydrogens is 216 g/mol. The topological polar surface area (TPSA) is 70.0 Å². The maximum absolute atomic E-state index is 11.3. The minimum atomic E-state index is -0.323. The van der Waals surface area contributed by atoms with Gasteiger partial charge in [-0.15, -0.1) is 0 Å². The number of imide groups is 1. The van der Waals surface area contributed by atoms with Crippen LogP contribution in [-0.4, -0.2) is 11.8 Å². The summed E-state index contributed by atoms with van der Waals surface area (Å²) >= 11 is 0. The van der Waals surface area contributed by atoms with Crippen molar-refractivity contribution in [3.05, 3.63) is 41.0 Å². The summed E-state index contributed by atoms with van der Waals surface area (Å²) in [5.74, 6) is -0.585. The lowest BCUT2D eigenvalue weighted by atomic mass is 10.1. The Morgan fingerprint density at radius 3 is 2.53 bits per heavy atom. The van der Waals surface area contributed by atoms with Crippen molar-refractivity contribution < 1.29 is 9.59 Å². The first-order chi connectivity index (χ1) is 8.19. The molecule has 1 saturated heterocycles. The van der Waals surface area contributed by atoms with E-state index in [2.05, 4.69) is 11.4 Å². The lowest BCUT2D eigenvalue weighted by Gasteiger charge is -1.97. The SMILES string of the molecule is N#CCc1ccc(/C=C2\CC(=O)NC2=O)cc1. The van der Waals surface area contributed by atoms with Crippen LogP contribution in [0.1, 0.15) is 17.5 Å². The molecule has 2 rings (SSSR count). The number of amides is 2. The highest BCUT2D eigenvalue weighted by Crippen LogP contribution is 2.15. The van der Waals surface area contributed by atoms with Crippen molar-refractivity contribution in [3.8, 4) is 6.07 Å². The van der Waals surface area contributed by atoms with Crippen LogP contribution >= 0.6 is 0 Å². The van der Waals surface area contributed by atoms with Crippen molar-refractivity contribution in [2.45, 2.75) is 12.8 Å². The normalized spacial score (nSPS) is 17.0. The van der Waals surface area contributed by atoms with Crippen LogP contribution in [0.2, 0.25) is 0 Å². The summed E-state index contributed by atoms with van der Waals surface area (Å²) < 4.78 is 0. The van der Waals surface area contributed by atoms with E-state index in [1.54, 1.807) is 6.08 Å². The molecule has 0 saturated carbocycles. The third-order valence-electron chi connectivity index (χ3n) is 2.50. The molecule has 17 heavy (non-hydrogen) atoms. The molecule has 0 atom stereocenters. The van der Waals surface area contributed by atoms with E-state index < -0.39 is 0 Å². The standard InChI is InChI=1S/C13H10N2O2/c14-6-5-9-1-3-10(4-2-9)7-11-8-12(16)15-13(11)17/h1-4,7H,5,8H2,(H,15,16,17)/b11-7+. The molecular formula is C13H10N2O2. The second-order valence-electron chi connectivity index (χ2n) is 3.80. The number of hydrogen-bond acceptors (Lipinski definition) is 3. The van der Waals surface area contributed by atoms with Gasteiger partial charge in [0.05, 0.1) is 18.9 Å². The number of benzene rings is 1. The molecule has 1 aliphatic heterocycles. The molecule has 1 aliphatic rings. The minimum absolute atomic E-state index is 0.138. The quantitative estimate of drug-likeness (QED) is 0.608. The molecule has 1 heterocycles. The molecule has 0 spiro atoms. The van der Waals surface area contributed by atoms with Gasteiger partial charge in [0.15, 0.2) is 0 Å². The molecule has 84 valence electrons. The van der Waals surface area contributed by atoms with Crippen molar-refractivity contribution >= 4 is 17.9 Å². The molecule has 1 fully saturated rings. The number of carbonyl (C=O) groups excluding carboxylic acids is 2. The highest BCUT2D eigenvalue weighted by Gasteiger charge is 2.23. The molecule has 1 N–H and O–H groups in total. The van der Waals surface area contributed by atoms with Crippen LogP contribution in [0.3, 0.4) is 0 Å². The van der Waals surface area contributed by atoms with Gasteiger partial charge in [-0.1, -0.05) is 24.3 Å². The third kappa shape index (κ3) is 2.58. The summed E-state index contributed by atoms with van der Waals surface area (Å²) in [6.45, 7) is 0. The average Bonchev–Trinajstić information content (AvgIpc) is 2.61. The van der Waals surface area contributed by atoms with Gasteiger partial charge in [-0.3, -0.25) is 14.9 Å². The molecule has 2 amide bonds. The number of hydrogen-bond donors (Lipinski definition) is 1. The van der Waals surface area contributed by atoms with E-state index in [0.29, 0.717) is 12.0 Å². The molecule has 0 aromatic heterocycles. The Morgan fingerprint density at radius 2 is 2.00 bits per heavy atom. The van der Waals surface area contributed by atoms with E-state index in [1.807, 2.05) is 24.3 Å². The second-order valence-corrected chi connectivity index (χ2v) is 3.80. The molecule has 4 heteroatoms. The fourth-order valence-corrected chi connectivity index (χ4v) is 1.65. The minimum Gasteiger partial charge on any atom is -0.292 e. The van der Waals surface area contributed by atoms with Crippen LogP contribution in [0.15, 0.2) is 29.8 Å².